The molecule has 1 amide bonds. The first kappa shape index (κ1) is 18.7. The SMILES string of the molecule is O=C(N/N=C\c1ccccc1O)c1cc(Br)ccc1OCc1ccccc1. The number of hydrazone groups is 1. The van der Waals surface area contributed by atoms with Gasteiger partial charge in [-0.15, -0.1) is 0 Å². The van der Waals surface area contributed by atoms with Crippen molar-refractivity contribution >= 4 is 28.1 Å². The first-order valence-corrected chi connectivity index (χ1v) is 9.00. The molecule has 3 aromatic carbocycles. The maximum Gasteiger partial charge on any atom is 0.275 e. The standard InChI is InChI=1S/C21H17BrN2O3/c22-17-10-11-20(27-14-15-6-2-1-3-7-15)18(12-17)21(26)24-23-13-16-8-4-5-9-19(16)25/h1-13,25H,14H2,(H,24,26)/b23-13-. The molecule has 3 rings (SSSR count). The summed E-state index contributed by atoms with van der Waals surface area (Å²) in [5.74, 6) is 0.133. The monoisotopic (exact) mass is 424 g/mol. The summed E-state index contributed by atoms with van der Waals surface area (Å²) in [6.07, 6.45) is 1.38. The summed E-state index contributed by atoms with van der Waals surface area (Å²) in [7, 11) is 0. The topological polar surface area (TPSA) is 70.9 Å². The third-order valence-electron chi connectivity index (χ3n) is 3.73. The molecule has 0 aliphatic rings. The number of halogens is 1. The number of hydrogen-bond donors (Lipinski definition) is 2. The number of carbonyl (C=O) groups is 1. The average Bonchev–Trinajstić information content (AvgIpc) is 2.69. The van der Waals surface area contributed by atoms with Gasteiger partial charge in [0.25, 0.3) is 5.91 Å². The third kappa shape index (κ3) is 5.18. The number of phenols is 1. The highest BCUT2D eigenvalue weighted by molar-refractivity contribution is 9.10. The van der Waals surface area contributed by atoms with Crippen LogP contribution in [0.1, 0.15) is 21.5 Å². The van der Waals surface area contributed by atoms with Crippen molar-refractivity contribution in [3.8, 4) is 11.5 Å². The van der Waals surface area contributed by atoms with Crippen LogP contribution in [0.15, 0.2) is 82.4 Å². The number of amides is 1. The molecule has 0 aliphatic carbocycles. The van der Waals surface area contributed by atoms with Crippen LogP contribution in [-0.4, -0.2) is 17.2 Å². The molecule has 0 unspecified atom stereocenters. The molecule has 0 aromatic heterocycles. The Balaban J connectivity index is 1.71. The number of phenolic OH excluding ortho intramolecular Hbond substituents is 1. The van der Waals surface area contributed by atoms with Gasteiger partial charge in [-0.2, -0.15) is 5.10 Å². The van der Waals surface area contributed by atoms with Gasteiger partial charge in [0.2, 0.25) is 0 Å². The van der Waals surface area contributed by atoms with E-state index >= 15 is 0 Å². The molecule has 0 heterocycles. The van der Waals surface area contributed by atoms with Gasteiger partial charge in [-0.25, -0.2) is 5.43 Å². The Morgan fingerprint density at radius 3 is 2.59 bits per heavy atom. The van der Waals surface area contributed by atoms with Crippen LogP contribution in [0.5, 0.6) is 11.5 Å². The average molecular weight is 425 g/mol. The highest BCUT2D eigenvalue weighted by Gasteiger charge is 2.13. The van der Waals surface area contributed by atoms with Gasteiger partial charge in [0, 0.05) is 10.0 Å². The summed E-state index contributed by atoms with van der Waals surface area (Å²) >= 11 is 3.37. The minimum atomic E-state index is -0.411. The van der Waals surface area contributed by atoms with Crippen LogP contribution >= 0.6 is 15.9 Å². The second-order valence-electron chi connectivity index (χ2n) is 5.67. The van der Waals surface area contributed by atoms with Gasteiger partial charge in [-0.05, 0) is 35.9 Å². The molecule has 0 fully saturated rings. The molecule has 0 radical (unpaired) electrons. The van der Waals surface area contributed by atoms with Crippen LogP contribution in [0.4, 0.5) is 0 Å². The quantitative estimate of drug-likeness (QED) is 0.452. The van der Waals surface area contributed by atoms with Gasteiger partial charge < -0.3 is 9.84 Å². The Labute approximate surface area is 165 Å². The van der Waals surface area contributed by atoms with Crippen molar-refractivity contribution in [1.29, 1.82) is 0 Å². The summed E-state index contributed by atoms with van der Waals surface area (Å²) in [5, 5.41) is 13.6. The highest BCUT2D eigenvalue weighted by Crippen LogP contribution is 2.24. The number of carbonyl (C=O) groups excluding carboxylic acids is 1. The Hall–Kier alpha value is -3.12. The predicted octanol–water partition coefficient (Wildman–Crippen LogP) is 4.50. The second-order valence-corrected chi connectivity index (χ2v) is 6.59. The molecule has 2 N–H and O–H groups in total. The summed E-state index contributed by atoms with van der Waals surface area (Å²) in [6, 6.07) is 21.6. The fraction of sp³-hybridized carbons (Fsp3) is 0.0476. The largest absolute Gasteiger partial charge is 0.507 e. The van der Waals surface area contributed by atoms with Crippen molar-refractivity contribution in [2.75, 3.05) is 0 Å². The minimum Gasteiger partial charge on any atom is -0.507 e. The highest BCUT2D eigenvalue weighted by atomic mass is 79.9. The smallest absolute Gasteiger partial charge is 0.275 e. The second kappa shape index (κ2) is 9.00. The molecule has 0 aliphatic heterocycles. The van der Waals surface area contributed by atoms with Crippen LogP contribution in [-0.2, 0) is 6.61 Å². The fourth-order valence-electron chi connectivity index (χ4n) is 2.36. The van der Waals surface area contributed by atoms with Crippen molar-refractivity contribution in [2.45, 2.75) is 6.61 Å². The van der Waals surface area contributed by atoms with E-state index in [-0.39, 0.29) is 5.75 Å². The number of aromatic hydroxyl groups is 1. The van der Waals surface area contributed by atoms with Gasteiger partial charge in [-0.3, -0.25) is 4.79 Å². The Morgan fingerprint density at radius 2 is 1.81 bits per heavy atom. The van der Waals surface area contributed by atoms with Crippen LogP contribution in [0.2, 0.25) is 0 Å². The van der Waals surface area contributed by atoms with Crippen molar-refractivity contribution in [2.24, 2.45) is 5.10 Å². The number of hydrogen-bond acceptors (Lipinski definition) is 4. The number of para-hydroxylation sites is 1. The van der Waals surface area contributed by atoms with E-state index in [9.17, 15) is 9.90 Å². The molecule has 0 spiro atoms. The molecular weight excluding hydrogens is 408 g/mol. The van der Waals surface area contributed by atoms with Crippen molar-refractivity contribution in [3.63, 3.8) is 0 Å². The molecule has 0 saturated carbocycles. The van der Waals surface area contributed by atoms with E-state index in [1.165, 1.54) is 6.21 Å². The van der Waals surface area contributed by atoms with Gasteiger partial charge >= 0.3 is 0 Å². The van der Waals surface area contributed by atoms with E-state index in [0.29, 0.717) is 23.5 Å². The molecule has 0 saturated heterocycles. The van der Waals surface area contributed by atoms with E-state index in [1.54, 1.807) is 36.4 Å². The van der Waals surface area contributed by atoms with E-state index in [2.05, 4.69) is 26.5 Å². The van der Waals surface area contributed by atoms with Gasteiger partial charge in [0.15, 0.2) is 0 Å². The maximum absolute atomic E-state index is 12.5. The number of benzene rings is 3. The van der Waals surface area contributed by atoms with E-state index in [0.717, 1.165) is 10.0 Å². The summed E-state index contributed by atoms with van der Waals surface area (Å²) < 4.78 is 6.56. The number of nitrogens with one attached hydrogen (secondary N) is 1. The van der Waals surface area contributed by atoms with Crippen LogP contribution in [0.3, 0.4) is 0 Å². The normalized spacial score (nSPS) is 10.7. The zero-order valence-corrected chi connectivity index (χ0v) is 15.9. The van der Waals surface area contributed by atoms with E-state index in [4.69, 9.17) is 4.74 Å². The first-order chi connectivity index (χ1) is 13.1. The van der Waals surface area contributed by atoms with E-state index < -0.39 is 5.91 Å². The van der Waals surface area contributed by atoms with Crippen LogP contribution in [0.25, 0.3) is 0 Å². The van der Waals surface area contributed by atoms with E-state index in [1.807, 2.05) is 36.4 Å². The summed E-state index contributed by atoms with van der Waals surface area (Å²) in [4.78, 5) is 12.5. The molecule has 136 valence electrons. The molecule has 3 aromatic rings. The molecule has 6 heteroatoms. The third-order valence-corrected chi connectivity index (χ3v) is 4.22. The number of nitrogens with zero attached hydrogens (tertiary/aromatic N) is 1. The molecule has 0 bridgehead atoms. The lowest BCUT2D eigenvalue weighted by atomic mass is 10.2. The van der Waals surface area contributed by atoms with Crippen molar-refractivity contribution in [1.82, 2.24) is 5.43 Å². The number of ether oxygens (including phenoxy) is 1. The molecule has 5 nitrogen and oxygen atoms in total. The summed E-state index contributed by atoms with van der Waals surface area (Å²) in [5.41, 5.74) is 4.33. The summed E-state index contributed by atoms with van der Waals surface area (Å²) in [6.45, 7) is 0.351. The lowest BCUT2D eigenvalue weighted by Crippen LogP contribution is -2.18. The molecule has 0 atom stereocenters. The van der Waals surface area contributed by atoms with Crippen LogP contribution in [0, 0.1) is 0 Å². The predicted molar refractivity (Wildman–Crippen MR) is 108 cm³/mol. The van der Waals surface area contributed by atoms with Crippen molar-refractivity contribution in [3.05, 3.63) is 94.0 Å². The zero-order chi connectivity index (χ0) is 19.1. The minimum absolute atomic E-state index is 0.0878. The van der Waals surface area contributed by atoms with Crippen molar-refractivity contribution < 1.29 is 14.6 Å². The number of rotatable bonds is 6. The van der Waals surface area contributed by atoms with Gasteiger partial charge in [0.05, 0.1) is 11.8 Å². The zero-order valence-electron chi connectivity index (χ0n) is 14.3. The molecule has 27 heavy (non-hydrogen) atoms. The van der Waals surface area contributed by atoms with Gasteiger partial charge in [-0.1, -0.05) is 58.4 Å². The lowest BCUT2D eigenvalue weighted by Gasteiger charge is -2.11. The first-order valence-electron chi connectivity index (χ1n) is 8.21. The Morgan fingerprint density at radius 1 is 1.07 bits per heavy atom. The fourth-order valence-corrected chi connectivity index (χ4v) is 2.72. The Bertz CT molecular complexity index is 959. The molecular formula is C21H17BrN2O3. The maximum atomic E-state index is 12.5. The Kier molecular flexibility index (Phi) is 6.22. The van der Waals surface area contributed by atoms with Crippen LogP contribution < -0.4 is 10.2 Å². The lowest BCUT2D eigenvalue weighted by molar-refractivity contribution is 0.0950. The van der Waals surface area contributed by atoms with Gasteiger partial charge in [0.1, 0.15) is 18.1 Å².